The molecule has 0 unspecified atom stereocenters. The first-order chi connectivity index (χ1) is 11.3. The van der Waals surface area contributed by atoms with Gasteiger partial charge in [-0.25, -0.2) is 4.98 Å². The van der Waals surface area contributed by atoms with E-state index in [9.17, 15) is 0 Å². The molecule has 0 spiro atoms. The summed E-state index contributed by atoms with van der Waals surface area (Å²) in [5, 5.41) is 6.00. The summed E-state index contributed by atoms with van der Waals surface area (Å²) in [6.07, 6.45) is 1.63. The lowest BCUT2D eigenvalue weighted by Gasteiger charge is -2.34. The Balaban J connectivity index is 1.35. The number of hydrogen-bond donors (Lipinski definition) is 0. The molecule has 0 aliphatic carbocycles. The second-order valence-corrected chi connectivity index (χ2v) is 7.16. The number of fused-ring (bicyclic) bond motifs is 1. The number of thiophene rings is 1. The Bertz CT molecular complexity index is 778. The standard InChI is InChI=1S/C17H18ClN3OS/c18-15-7-14-8-16(22-17(14)19-9-15)11-21-4-2-20(3-5-21)10-13-1-6-23-12-13/h1,6-9,12H,2-5,10-11H2. The molecule has 4 rings (SSSR count). The quantitative estimate of drug-likeness (QED) is 0.717. The Kier molecular flexibility index (Phi) is 4.35. The van der Waals surface area contributed by atoms with E-state index in [-0.39, 0.29) is 0 Å². The zero-order chi connectivity index (χ0) is 15.6. The molecule has 6 heteroatoms. The third-order valence-electron chi connectivity index (χ3n) is 4.22. The first kappa shape index (κ1) is 15.1. The van der Waals surface area contributed by atoms with E-state index in [1.54, 1.807) is 17.5 Å². The first-order valence-electron chi connectivity index (χ1n) is 7.76. The summed E-state index contributed by atoms with van der Waals surface area (Å²) >= 11 is 7.74. The SMILES string of the molecule is Clc1cnc2oc(CN3CCN(Cc4ccsc4)CC3)cc2c1. The van der Waals surface area contributed by atoms with Gasteiger partial charge in [0.25, 0.3) is 0 Å². The van der Waals surface area contributed by atoms with Gasteiger partial charge in [0.1, 0.15) is 5.76 Å². The van der Waals surface area contributed by atoms with Crippen LogP contribution in [-0.2, 0) is 13.1 Å². The fourth-order valence-corrected chi connectivity index (χ4v) is 3.83. The lowest BCUT2D eigenvalue weighted by Crippen LogP contribution is -2.45. The fraction of sp³-hybridized carbons (Fsp3) is 0.353. The summed E-state index contributed by atoms with van der Waals surface area (Å²) in [5.41, 5.74) is 2.09. The van der Waals surface area contributed by atoms with E-state index in [0.717, 1.165) is 50.4 Å². The Morgan fingerprint density at radius 1 is 1.13 bits per heavy atom. The van der Waals surface area contributed by atoms with Crippen LogP contribution in [0.4, 0.5) is 0 Å². The lowest BCUT2D eigenvalue weighted by atomic mass is 10.2. The van der Waals surface area contributed by atoms with Crippen molar-refractivity contribution in [1.82, 2.24) is 14.8 Å². The lowest BCUT2D eigenvalue weighted by molar-refractivity contribution is 0.116. The maximum Gasteiger partial charge on any atom is 0.226 e. The van der Waals surface area contributed by atoms with Crippen molar-refractivity contribution in [2.75, 3.05) is 26.2 Å². The third kappa shape index (κ3) is 3.58. The van der Waals surface area contributed by atoms with Crippen molar-refractivity contribution in [3.63, 3.8) is 0 Å². The number of piperazine rings is 1. The van der Waals surface area contributed by atoms with Gasteiger partial charge in [0, 0.05) is 44.3 Å². The second-order valence-electron chi connectivity index (χ2n) is 5.94. The normalized spacial score (nSPS) is 17.1. The number of rotatable bonds is 4. The van der Waals surface area contributed by atoms with Crippen LogP contribution in [0.5, 0.6) is 0 Å². The number of aromatic nitrogens is 1. The van der Waals surface area contributed by atoms with Gasteiger partial charge in [0.2, 0.25) is 5.71 Å². The summed E-state index contributed by atoms with van der Waals surface area (Å²) in [6, 6.07) is 6.16. The van der Waals surface area contributed by atoms with Gasteiger partial charge in [0.05, 0.1) is 11.6 Å². The van der Waals surface area contributed by atoms with E-state index < -0.39 is 0 Å². The average molecular weight is 348 g/mol. The van der Waals surface area contributed by atoms with E-state index in [1.807, 2.05) is 12.1 Å². The maximum atomic E-state index is 5.97. The fourth-order valence-electron chi connectivity index (χ4n) is 3.00. The third-order valence-corrected chi connectivity index (χ3v) is 5.16. The van der Waals surface area contributed by atoms with E-state index in [4.69, 9.17) is 16.0 Å². The average Bonchev–Trinajstić information content (AvgIpc) is 3.18. The van der Waals surface area contributed by atoms with Crippen molar-refractivity contribution in [3.05, 3.63) is 51.5 Å². The Labute approximate surface area is 144 Å². The van der Waals surface area contributed by atoms with Gasteiger partial charge in [-0.2, -0.15) is 11.3 Å². The summed E-state index contributed by atoms with van der Waals surface area (Å²) in [4.78, 5) is 9.17. The topological polar surface area (TPSA) is 32.5 Å². The number of hydrogen-bond acceptors (Lipinski definition) is 5. The molecule has 4 heterocycles. The number of nitrogens with zero attached hydrogens (tertiary/aromatic N) is 3. The van der Waals surface area contributed by atoms with Crippen LogP contribution in [0.3, 0.4) is 0 Å². The van der Waals surface area contributed by atoms with Gasteiger partial charge in [-0.3, -0.25) is 9.80 Å². The highest BCUT2D eigenvalue weighted by Crippen LogP contribution is 2.22. The Hall–Kier alpha value is -1.40. The molecule has 0 bridgehead atoms. The van der Waals surface area contributed by atoms with Gasteiger partial charge in [-0.1, -0.05) is 11.6 Å². The number of furan rings is 1. The van der Waals surface area contributed by atoms with Gasteiger partial charge in [0.15, 0.2) is 0 Å². The van der Waals surface area contributed by atoms with Crippen molar-refractivity contribution in [3.8, 4) is 0 Å². The molecule has 0 aromatic carbocycles. The highest BCUT2D eigenvalue weighted by Gasteiger charge is 2.18. The summed E-state index contributed by atoms with van der Waals surface area (Å²) < 4.78 is 5.81. The first-order valence-corrected chi connectivity index (χ1v) is 9.08. The van der Waals surface area contributed by atoms with Crippen LogP contribution in [0, 0.1) is 0 Å². The van der Waals surface area contributed by atoms with Crippen molar-refractivity contribution in [1.29, 1.82) is 0 Å². The summed E-state index contributed by atoms with van der Waals surface area (Å²) in [5.74, 6) is 0.959. The van der Waals surface area contributed by atoms with Crippen molar-refractivity contribution < 1.29 is 4.42 Å². The summed E-state index contributed by atoms with van der Waals surface area (Å²) in [6.45, 7) is 6.22. The molecule has 0 amide bonds. The molecule has 0 radical (unpaired) electrons. The van der Waals surface area contributed by atoms with Crippen molar-refractivity contribution >= 4 is 34.0 Å². The van der Waals surface area contributed by atoms with Gasteiger partial charge in [-0.05, 0) is 34.5 Å². The molecule has 23 heavy (non-hydrogen) atoms. The van der Waals surface area contributed by atoms with Crippen LogP contribution in [0.25, 0.3) is 11.1 Å². The van der Waals surface area contributed by atoms with Crippen LogP contribution in [0.1, 0.15) is 11.3 Å². The highest BCUT2D eigenvalue weighted by molar-refractivity contribution is 7.07. The molecule has 3 aromatic rings. The van der Waals surface area contributed by atoms with Crippen molar-refractivity contribution in [2.45, 2.75) is 13.1 Å². The molecule has 120 valence electrons. The molecule has 0 saturated carbocycles. The molecule has 0 atom stereocenters. The molecule has 1 saturated heterocycles. The monoisotopic (exact) mass is 347 g/mol. The minimum Gasteiger partial charge on any atom is -0.441 e. The molecule has 1 aliphatic heterocycles. The highest BCUT2D eigenvalue weighted by atomic mass is 35.5. The summed E-state index contributed by atoms with van der Waals surface area (Å²) in [7, 11) is 0. The second kappa shape index (κ2) is 6.61. The smallest absolute Gasteiger partial charge is 0.226 e. The Morgan fingerprint density at radius 2 is 1.91 bits per heavy atom. The van der Waals surface area contributed by atoms with Gasteiger partial charge in [-0.15, -0.1) is 0 Å². The van der Waals surface area contributed by atoms with Crippen LogP contribution in [0.15, 0.2) is 39.6 Å². The minimum absolute atomic E-state index is 0.645. The van der Waals surface area contributed by atoms with E-state index >= 15 is 0 Å². The predicted molar refractivity (Wildman–Crippen MR) is 93.9 cm³/mol. The van der Waals surface area contributed by atoms with Crippen LogP contribution in [0.2, 0.25) is 5.02 Å². The minimum atomic E-state index is 0.645. The molecule has 3 aromatic heterocycles. The van der Waals surface area contributed by atoms with Crippen LogP contribution >= 0.6 is 22.9 Å². The number of pyridine rings is 1. The van der Waals surface area contributed by atoms with Crippen molar-refractivity contribution in [2.24, 2.45) is 0 Å². The van der Waals surface area contributed by atoms with Gasteiger partial charge < -0.3 is 4.42 Å². The Morgan fingerprint density at radius 3 is 2.65 bits per heavy atom. The van der Waals surface area contributed by atoms with Crippen LogP contribution < -0.4 is 0 Å². The predicted octanol–water partition coefficient (Wildman–Crippen LogP) is 3.86. The van der Waals surface area contributed by atoms with E-state index in [2.05, 4.69) is 31.6 Å². The van der Waals surface area contributed by atoms with Gasteiger partial charge >= 0.3 is 0 Å². The molecular weight excluding hydrogens is 330 g/mol. The molecular formula is C17H18ClN3OS. The van der Waals surface area contributed by atoms with Crippen LogP contribution in [-0.4, -0.2) is 41.0 Å². The largest absolute Gasteiger partial charge is 0.441 e. The molecule has 0 N–H and O–H groups in total. The zero-order valence-electron chi connectivity index (χ0n) is 12.7. The van der Waals surface area contributed by atoms with E-state index in [1.165, 1.54) is 5.56 Å². The zero-order valence-corrected chi connectivity index (χ0v) is 14.3. The molecule has 4 nitrogen and oxygen atoms in total. The van der Waals surface area contributed by atoms with E-state index in [0.29, 0.717) is 10.7 Å². The maximum absolute atomic E-state index is 5.97. The number of halogens is 1. The molecule has 1 aliphatic rings. The molecule has 1 fully saturated rings.